The van der Waals surface area contributed by atoms with Crippen LogP contribution in [0, 0.1) is 0 Å². The molecule has 0 radical (unpaired) electrons. The zero-order chi connectivity index (χ0) is 14.9. The minimum Gasteiger partial charge on any atom is -0.355 e. The van der Waals surface area contributed by atoms with E-state index in [0.29, 0.717) is 10.6 Å². The van der Waals surface area contributed by atoms with Crippen LogP contribution in [0.25, 0.3) is 0 Å². The number of carbonyl (C=O) groups excluding carboxylic acids is 1. The molecule has 8 heteroatoms. The average molecular weight is 316 g/mol. The van der Waals surface area contributed by atoms with Gasteiger partial charge in [-0.05, 0) is 12.1 Å². The van der Waals surface area contributed by atoms with Crippen LogP contribution in [0.1, 0.15) is 6.92 Å². The molecule has 0 fully saturated rings. The number of fused-ring (bicyclic) bond motifs is 1. The molecule has 0 aromatic heterocycles. The van der Waals surface area contributed by atoms with Gasteiger partial charge in [-0.15, -0.1) is 0 Å². The zero-order valence-corrected chi connectivity index (χ0v) is 12.8. The minimum absolute atomic E-state index is 0.0999. The Morgan fingerprint density at radius 2 is 2.10 bits per heavy atom. The fourth-order valence-corrected chi connectivity index (χ4v) is 4.67. The molecule has 2 rings (SSSR count). The molecule has 110 valence electrons. The van der Waals surface area contributed by atoms with Gasteiger partial charge in [0.15, 0.2) is 0 Å². The van der Waals surface area contributed by atoms with Gasteiger partial charge < -0.3 is 5.32 Å². The Labute approximate surface area is 120 Å². The number of hydrogen-bond acceptors (Lipinski definition) is 4. The summed E-state index contributed by atoms with van der Waals surface area (Å²) in [4.78, 5) is 11.5. The summed E-state index contributed by atoms with van der Waals surface area (Å²) in [5, 5.41) is 2.14. The summed E-state index contributed by atoms with van der Waals surface area (Å²) >= 11 is 0. The maximum absolute atomic E-state index is 12.4. The Hall–Kier alpha value is -1.41. The first-order valence-electron chi connectivity index (χ1n) is 6.02. The van der Waals surface area contributed by atoms with Crippen LogP contribution < -0.4 is 9.62 Å². The molecule has 0 bridgehead atoms. The van der Waals surface area contributed by atoms with Crippen molar-refractivity contribution in [2.75, 3.05) is 23.7 Å². The van der Waals surface area contributed by atoms with Gasteiger partial charge in [-0.3, -0.25) is 13.3 Å². The van der Waals surface area contributed by atoms with Crippen molar-refractivity contribution in [2.45, 2.75) is 17.1 Å². The van der Waals surface area contributed by atoms with Gasteiger partial charge in [0.1, 0.15) is 0 Å². The van der Waals surface area contributed by atoms with E-state index in [1.54, 1.807) is 24.3 Å². The highest BCUT2D eigenvalue weighted by Crippen LogP contribution is 2.32. The van der Waals surface area contributed by atoms with E-state index in [-0.39, 0.29) is 19.0 Å². The van der Waals surface area contributed by atoms with Crippen LogP contribution in [-0.4, -0.2) is 43.1 Å². The maximum atomic E-state index is 12.4. The molecule has 1 aromatic carbocycles. The van der Waals surface area contributed by atoms with Crippen molar-refractivity contribution in [3.8, 4) is 0 Å². The molecule has 1 heterocycles. The Balaban J connectivity index is 2.40. The van der Waals surface area contributed by atoms with Crippen molar-refractivity contribution in [1.29, 1.82) is 0 Å². The minimum atomic E-state index is -3.45. The van der Waals surface area contributed by atoms with Crippen LogP contribution >= 0.6 is 0 Å². The third-order valence-electron chi connectivity index (χ3n) is 3.00. The number of hydrogen-bond donors (Lipinski definition) is 1. The highest BCUT2D eigenvalue weighted by atomic mass is 32.2. The molecule has 20 heavy (non-hydrogen) atoms. The van der Waals surface area contributed by atoms with E-state index in [0.717, 1.165) is 6.26 Å². The Bertz CT molecular complexity index is 657. The van der Waals surface area contributed by atoms with Crippen LogP contribution in [0.2, 0.25) is 0 Å². The molecular weight excluding hydrogens is 300 g/mol. The van der Waals surface area contributed by atoms with Gasteiger partial charge in [0.2, 0.25) is 15.9 Å². The standard InChI is InChI=1S/C12H16N2O4S2/c1-9(15)13-7-10-8-14(20(2,17)18)11-5-3-4-6-12(11)19(10)16/h3-6,10H,7-8H2,1-2H3,(H,13,15)/t10-,19?/m0/s1. The Morgan fingerprint density at radius 1 is 1.45 bits per heavy atom. The molecule has 0 spiro atoms. The molecule has 1 N–H and O–H groups in total. The van der Waals surface area contributed by atoms with Gasteiger partial charge in [0, 0.05) is 13.5 Å². The van der Waals surface area contributed by atoms with E-state index >= 15 is 0 Å². The van der Waals surface area contributed by atoms with Crippen molar-refractivity contribution in [2.24, 2.45) is 0 Å². The number of anilines is 1. The van der Waals surface area contributed by atoms with E-state index in [2.05, 4.69) is 5.32 Å². The zero-order valence-electron chi connectivity index (χ0n) is 11.2. The first-order valence-corrected chi connectivity index (χ1v) is 9.08. The fraction of sp³-hybridized carbons (Fsp3) is 0.417. The molecule has 2 atom stereocenters. The molecular formula is C12H16N2O4S2. The lowest BCUT2D eigenvalue weighted by Gasteiger charge is -2.33. The number of para-hydroxylation sites is 1. The first kappa shape index (κ1) is 15.0. The second-order valence-electron chi connectivity index (χ2n) is 4.62. The van der Waals surface area contributed by atoms with Crippen LogP contribution in [0.5, 0.6) is 0 Å². The first-order chi connectivity index (χ1) is 9.30. The number of sulfonamides is 1. The summed E-state index contributed by atoms with van der Waals surface area (Å²) in [6, 6.07) is 6.73. The number of nitrogens with one attached hydrogen (secondary N) is 1. The molecule has 1 amide bonds. The van der Waals surface area contributed by atoms with E-state index in [4.69, 9.17) is 0 Å². The van der Waals surface area contributed by atoms with Gasteiger partial charge >= 0.3 is 0 Å². The largest absolute Gasteiger partial charge is 0.355 e. The highest BCUT2D eigenvalue weighted by molar-refractivity contribution is 7.92. The third kappa shape index (κ3) is 3.01. The topological polar surface area (TPSA) is 83.6 Å². The fourth-order valence-electron chi connectivity index (χ4n) is 2.08. The van der Waals surface area contributed by atoms with Crippen molar-refractivity contribution in [3.05, 3.63) is 24.3 Å². The number of nitrogens with zero attached hydrogens (tertiary/aromatic N) is 1. The normalized spacial score (nSPS) is 22.2. The number of rotatable bonds is 3. The lowest BCUT2D eigenvalue weighted by atomic mass is 10.3. The molecule has 1 aliphatic heterocycles. The van der Waals surface area contributed by atoms with Crippen LogP contribution in [-0.2, 0) is 25.6 Å². The third-order valence-corrected chi connectivity index (χ3v) is 5.85. The van der Waals surface area contributed by atoms with Gasteiger partial charge in [-0.1, -0.05) is 12.1 Å². The molecule has 0 saturated carbocycles. The van der Waals surface area contributed by atoms with Crippen molar-refractivity contribution in [3.63, 3.8) is 0 Å². The lowest BCUT2D eigenvalue weighted by Crippen LogP contribution is -2.47. The summed E-state index contributed by atoms with van der Waals surface area (Å²) < 4.78 is 37.4. The monoisotopic (exact) mass is 316 g/mol. The lowest BCUT2D eigenvalue weighted by molar-refractivity contribution is -0.118. The van der Waals surface area contributed by atoms with Crippen molar-refractivity contribution < 1.29 is 17.4 Å². The summed E-state index contributed by atoms with van der Waals surface area (Å²) in [7, 11) is -4.79. The number of carbonyl (C=O) groups is 1. The van der Waals surface area contributed by atoms with E-state index in [9.17, 15) is 17.4 Å². The predicted molar refractivity (Wildman–Crippen MR) is 77.5 cm³/mol. The van der Waals surface area contributed by atoms with E-state index in [1.807, 2.05) is 0 Å². The maximum Gasteiger partial charge on any atom is 0.232 e. The summed E-state index contributed by atoms with van der Waals surface area (Å²) in [5.41, 5.74) is 0.451. The predicted octanol–water partition coefficient (Wildman–Crippen LogP) is 0.0785. The molecule has 0 aliphatic carbocycles. The Kier molecular flexibility index (Phi) is 4.14. The quantitative estimate of drug-likeness (QED) is 0.856. The highest BCUT2D eigenvalue weighted by Gasteiger charge is 2.34. The molecule has 1 aliphatic rings. The van der Waals surface area contributed by atoms with Crippen molar-refractivity contribution >= 4 is 32.4 Å². The van der Waals surface area contributed by atoms with Crippen LogP contribution in [0.3, 0.4) is 0 Å². The molecule has 1 unspecified atom stereocenters. The van der Waals surface area contributed by atoms with Gasteiger partial charge in [0.05, 0.1) is 39.4 Å². The molecule has 6 nitrogen and oxygen atoms in total. The average Bonchev–Trinajstić information content (AvgIpc) is 2.36. The second-order valence-corrected chi connectivity index (χ2v) is 8.23. The summed E-state index contributed by atoms with van der Waals surface area (Å²) in [5.74, 6) is -0.230. The van der Waals surface area contributed by atoms with E-state index < -0.39 is 26.1 Å². The van der Waals surface area contributed by atoms with Gasteiger partial charge in [-0.2, -0.15) is 0 Å². The smallest absolute Gasteiger partial charge is 0.232 e. The number of benzene rings is 1. The summed E-state index contributed by atoms with van der Waals surface area (Å²) in [6.07, 6.45) is 1.12. The molecule has 1 aromatic rings. The van der Waals surface area contributed by atoms with E-state index in [1.165, 1.54) is 11.2 Å². The Morgan fingerprint density at radius 3 is 2.70 bits per heavy atom. The SMILES string of the molecule is CC(=O)NC[C@H]1CN(S(C)(=O)=O)c2ccccc2S1=O. The van der Waals surface area contributed by atoms with Crippen molar-refractivity contribution in [1.82, 2.24) is 5.32 Å². The van der Waals surface area contributed by atoms with Gasteiger partial charge in [0.25, 0.3) is 0 Å². The summed E-state index contributed by atoms with van der Waals surface area (Å²) in [6.45, 7) is 1.65. The molecule has 0 saturated heterocycles. The second kappa shape index (κ2) is 5.53. The van der Waals surface area contributed by atoms with Gasteiger partial charge in [-0.25, -0.2) is 8.42 Å². The van der Waals surface area contributed by atoms with Crippen LogP contribution in [0.4, 0.5) is 5.69 Å². The van der Waals surface area contributed by atoms with Crippen LogP contribution in [0.15, 0.2) is 29.2 Å². The number of amides is 1.